The predicted octanol–water partition coefficient (Wildman–Crippen LogP) is 4.53. The van der Waals surface area contributed by atoms with E-state index in [4.69, 9.17) is 11.6 Å². The lowest BCUT2D eigenvalue weighted by Gasteiger charge is -2.19. The molecule has 8 heteroatoms. The monoisotopic (exact) mass is 367 g/mol. The first-order valence-electron chi connectivity index (χ1n) is 6.97. The second kappa shape index (κ2) is 6.25. The number of carbonyl (C=O) groups is 2. The van der Waals surface area contributed by atoms with Gasteiger partial charge in [0.15, 0.2) is 0 Å². The zero-order chi connectivity index (χ0) is 18.2. The summed E-state index contributed by atoms with van der Waals surface area (Å²) >= 11 is 6.00. The van der Waals surface area contributed by atoms with E-state index < -0.39 is 23.7 Å². The smallest absolute Gasteiger partial charge is 0.406 e. The Morgan fingerprint density at radius 3 is 2.00 bits per heavy atom. The van der Waals surface area contributed by atoms with Crippen molar-refractivity contribution in [2.75, 3.05) is 5.32 Å². The van der Waals surface area contributed by atoms with Crippen LogP contribution in [0.15, 0.2) is 59.3 Å². The Bertz CT molecular complexity index is 889. The number of allylic oxidation sites excluding steroid dienone is 2. The van der Waals surface area contributed by atoms with E-state index >= 15 is 0 Å². The van der Waals surface area contributed by atoms with Crippen LogP contribution < -0.4 is 10.1 Å². The summed E-state index contributed by atoms with van der Waals surface area (Å²) in [5.41, 5.74) is 0.562. The van der Waals surface area contributed by atoms with Gasteiger partial charge < -0.3 is 10.1 Å². The van der Waals surface area contributed by atoms with Gasteiger partial charge in [-0.3, -0.25) is 9.59 Å². The summed E-state index contributed by atoms with van der Waals surface area (Å²) in [7, 11) is 0. The number of ketones is 2. The first-order chi connectivity index (χ1) is 11.8. The van der Waals surface area contributed by atoms with E-state index in [0.29, 0.717) is 0 Å². The van der Waals surface area contributed by atoms with Crippen LogP contribution in [0.1, 0.15) is 20.7 Å². The number of benzene rings is 2. The van der Waals surface area contributed by atoms with Crippen LogP contribution in [-0.2, 0) is 0 Å². The average Bonchev–Trinajstić information content (AvgIpc) is 2.57. The van der Waals surface area contributed by atoms with Crippen LogP contribution in [0, 0.1) is 0 Å². The molecule has 0 atom stereocenters. The van der Waals surface area contributed by atoms with Crippen LogP contribution in [0.25, 0.3) is 0 Å². The fraction of sp³-hybridized carbons (Fsp3) is 0.0588. The highest BCUT2D eigenvalue weighted by Crippen LogP contribution is 2.30. The molecule has 1 aliphatic carbocycles. The number of rotatable bonds is 3. The predicted molar refractivity (Wildman–Crippen MR) is 84.7 cm³/mol. The van der Waals surface area contributed by atoms with Crippen LogP contribution in [0.2, 0.25) is 0 Å². The van der Waals surface area contributed by atoms with Gasteiger partial charge in [0.2, 0.25) is 11.6 Å². The fourth-order valence-electron chi connectivity index (χ4n) is 2.34. The van der Waals surface area contributed by atoms with Crippen molar-refractivity contribution in [2.24, 2.45) is 0 Å². The summed E-state index contributed by atoms with van der Waals surface area (Å²) < 4.78 is 40.2. The molecule has 0 saturated carbocycles. The standard InChI is InChI=1S/C17H9ClF3NO3/c18-13-14(16(24)12-4-2-1-3-11(12)15(13)23)22-9-5-7-10(8-6-9)25-17(19,20)21/h1-8,22H. The molecule has 0 aromatic heterocycles. The van der Waals surface area contributed by atoms with Crippen molar-refractivity contribution in [3.8, 4) is 5.75 Å². The van der Waals surface area contributed by atoms with Crippen LogP contribution in [-0.4, -0.2) is 17.9 Å². The van der Waals surface area contributed by atoms with Gasteiger partial charge in [0.25, 0.3) is 0 Å². The van der Waals surface area contributed by atoms with Gasteiger partial charge in [0, 0.05) is 16.8 Å². The Morgan fingerprint density at radius 1 is 0.880 bits per heavy atom. The average molecular weight is 368 g/mol. The van der Waals surface area contributed by atoms with Crippen molar-refractivity contribution in [3.05, 3.63) is 70.4 Å². The Labute approximate surface area is 144 Å². The molecule has 2 aromatic carbocycles. The third kappa shape index (κ3) is 3.51. The van der Waals surface area contributed by atoms with Gasteiger partial charge in [-0.05, 0) is 24.3 Å². The summed E-state index contributed by atoms with van der Waals surface area (Å²) in [6.07, 6.45) is -4.80. The molecule has 0 amide bonds. The van der Waals surface area contributed by atoms with E-state index in [1.54, 1.807) is 12.1 Å². The van der Waals surface area contributed by atoms with Crippen molar-refractivity contribution < 1.29 is 27.5 Å². The number of fused-ring (bicyclic) bond motifs is 1. The molecule has 4 nitrogen and oxygen atoms in total. The van der Waals surface area contributed by atoms with Gasteiger partial charge in [-0.15, -0.1) is 13.2 Å². The summed E-state index contributed by atoms with van der Waals surface area (Å²) in [6, 6.07) is 10.9. The van der Waals surface area contributed by atoms with Crippen molar-refractivity contribution >= 4 is 28.9 Å². The lowest BCUT2D eigenvalue weighted by molar-refractivity contribution is -0.274. The Kier molecular flexibility index (Phi) is 4.26. The molecule has 0 heterocycles. The molecule has 1 N–H and O–H groups in total. The molecule has 3 rings (SSSR count). The van der Waals surface area contributed by atoms with E-state index in [0.717, 1.165) is 12.1 Å². The third-order valence-corrected chi connectivity index (χ3v) is 3.78. The Balaban J connectivity index is 1.87. The molecule has 1 aliphatic rings. The summed E-state index contributed by atoms with van der Waals surface area (Å²) in [5.74, 6) is -1.39. The minimum Gasteiger partial charge on any atom is -0.406 e. The molecular weight excluding hydrogens is 359 g/mol. The number of hydrogen-bond donors (Lipinski definition) is 1. The van der Waals surface area contributed by atoms with Crippen molar-refractivity contribution in [1.82, 2.24) is 0 Å². The minimum atomic E-state index is -4.80. The number of ether oxygens (including phenoxy) is 1. The fourth-order valence-corrected chi connectivity index (χ4v) is 2.58. The van der Waals surface area contributed by atoms with Gasteiger partial charge in [0.05, 0.1) is 0 Å². The maximum atomic E-state index is 12.5. The lowest BCUT2D eigenvalue weighted by Crippen LogP contribution is -2.24. The molecule has 0 fully saturated rings. The van der Waals surface area contributed by atoms with Gasteiger partial charge in [-0.2, -0.15) is 0 Å². The number of nitrogens with one attached hydrogen (secondary N) is 1. The first-order valence-corrected chi connectivity index (χ1v) is 7.35. The zero-order valence-corrected chi connectivity index (χ0v) is 13.1. The highest BCUT2D eigenvalue weighted by atomic mass is 35.5. The molecule has 0 unspecified atom stereocenters. The molecule has 25 heavy (non-hydrogen) atoms. The number of alkyl halides is 3. The van der Waals surface area contributed by atoms with Crippen LogP contribution >= 0.6 is 11.6 Å². The third-order valence-electron chi connectivity index (χ3n) is 3.42. The van der Waals surface area contributed by atoms with Crippen molar-refractivity contribution in [1.29, 1.82) is 0 Å². The van der Waals surface area contributed by atoms with Gasteiger partial charge in [-0.25, -0.2) is 0 Å². The number of hydrogen-bond acceptors (Lipinski definition) is 4. The van der Waals surface area contributed by atoms with E-state index in [9.17, 15) is 22.8 Å². The highest BCUT2D eigenvalue weighted by Gasteiger charge is 2.32. The van der Waals surface area contributed by atoms with Crippen molar-refractivity contribution in [3.63, 3.8) is 0 Å². The molecular formula is C17H9ClF3NO3. The topological polar surface area (TPSA) is 55.4 Å². The van der Waals surface area contributed by atoms with E-state index in [2.05, 4.69) is 10.1 Å². The Hall–Kier alpha value is -2.80. The molecule has 0 spiro atoms. The van der Waals surface area contributed by atoms with Crippen LogP contribution in [0.5, 0.6) is 5.75 Å². The van der Waals surface area contributed by atoms with E-state index in [1.807, 2.05) is 0 Å². The maximum Gasteiger partial charge on any atom is 0.573 e. The number of anilines is 1. The largest absolute Gasteiger partial charge is 0.573 e. The second-order valence-electron chi connectivity index (χ2n) is 5.09. The summed E-state index contributed by atoms with van der Waals surface area (Å²) in [6.45, 7) is 0. The minimum absolute atomic E-state index is 0.130. The summed E-state index contributed by atoms with van der Waals surface area (Å²) in [4.78, 5) is 24.7. The van der Waals surface area contributed by atoms with E-state index in [1.165, 1.54) is 24.3 Å². The second-order valence-corrected chi connectivity index (χ2v) is 5.47. The normalized spacial score (nSPS) is 14.4. The molecule has 0 aliphatic heterocycles. The highest BCUT2D eigenvalue weighted by molar-refractivity contribution is 6.50. The molecule has 0 saturated heterocycles. The number of halogens is 4. The van der Waals surface area contributed by atoms with Gasteiger partial charge in [-0.1, -0.05) is 35.9 Å². The molecule has 0 bridgehead atoms. The Morgan fingerprint density at radius 2 is 1.44 bits per heavy atom. The maximum absolute atomic E-state index is 12.5. The zero-order valence-electron chi connectivity index (χ0n) is 12.4. The quantitative estimate of drug-likeness (QED) is 0.866. The number of carbonyl (C=O) groups excluding carboxylic acids is 2. The molecule has 0 radical (unpaired) electrons. The molecule has 128 valence electrons. The van der Waals surface area contributed by atoms with Crippen molar-refractivity contribution in [2.45, 2.75) is 6.36 Å². The van der Waals surface area contributed by atoms with Gasteiger partial charge >= 0.3 is 6.36 Å². The first kappa shape index (κ1) is 17.0. The van der Waals surface area contributed by atoms with Crippen LogP contribution in [0.3, 0.4) is 0 Å². The lowest BCUT2D eigenvalue weighted by atomic mass is 9.92. The SMILES string of the molecule is O=C1C(Cl)=C(Nc2ccc(OC(F)(F)F)cc2)C(=O)c2ccccc21. The van der Waals surface area contributed by atoms with Crippen LogP contribution in [0.4, 0.5) is 18.9 Å². The molecule has 2 aromatic rings. The summed E-state index contributed by atoms with van der Waals surface area (Å²) in [5, 5.41) is 2.40. The number of Topliss-reactive ketones (excluding diaryl/α,β-unsaturated/α-hetero) is 2. The van der Waals surface area contributed by atoms with Gasteiger partial charge in [0.1, 0.15) is 16.5 Å². The van der Waals surface area contributed by atoms with E-state index in [-0.39, 0.29) is 27.5 Å².